The van der Waals surface area contributed by atoms with Crippen LogP contribution in [0.2, 0.25) is 0 Å². The maximum atomic E-state index is 12.4. The fourth-order valence-corrected chi connectivity index (χ4v) is 2.79. The lowest BCUT2D eigenvalue weighted by Gasteiger charge is -2.19. The second kappa shape index (κ2) is 7.78. The third-order valence-corrected chi connectivity index (χ3v) is 5.20. The average Bonchev–Trinajstić information content (AvgIpc) is 2.56. The predicted molar refractivity (Wildman–Crippen MR) is 104 cm³/mol. The summed E-state index contributed by atoms with van der Waals surface area (Å²) in [6, 6.07) is 12.5. The Morgan fingerprint density at radius 1 is 1.15 bits per heavy atom. The Morgan fingerprint density at radius 2 is 1.85 bits per heavy atom. The van der Waals surface area contributed by atoms with Crippen molar-refractivity contribution < 1.29 is 17.9 Å². The monoisotopic (exact) mass is 376 g/mol. The van der Waals surface area contributed by atoms with Gasteiger partial charge in [-0.2, -0.15) is 0 Å². The number of rotatable bonds is 6. The van der Waals surface area contributed by atoms with E-state index in [1.54, 1.807) is 31.2 Å². The lowest BCUT2D eigenvalue weighted by molar-refractivity contribution is -0.122. The van der Waals surface area contributed by atoms with Crippen molar-refractivity contribution in [2.75, 3.05) is 22.9 Å². The van der Waals surface area contributed by atoms with Gasteiger partial charge in [-0.25, -0.2) is 8.42 Å². The molecule has 0 aliphatic heterocycles. The van der Waals surface area contributed by atoms with E-state index in [0.29, 0.717) is 17.1 Å². The smallest absolute Gasteiger partial charge is 0.265 e. The van der Waals surface area contributed by atoms with Crippen LogP contribution in [-0.4, -0.2) is 33.7 Å². The molecule has 0 heterocycles. The molecule has 0 radical (unpaired) electrons. The molecule has 7 heteroatoms. The van der Waals surface area contributed by atoms with Gasteiger partial charge in [-0.3, -0.25) is 9.10 Å². The summed E-state index contributed by atoms with van der Waals surface area (Å²) in [5.74, 6) is 0.350. The molecule has 1 N–H and O–H groups in total. The molecule has 2 aromatic carbocycles. The molecule has 0 fully saturated rings. The van der Waals surface area contributed by atoms with Crippen molar-refractivity contribution in [3.05, 3.63) is 53.6 Å². The predicted octanol–water partition coefficient (Wildman–Crippen LogP) is 3.11. The highest BCUT2D eigenvalue weighted by molar-refractivity contribution is 7.92. The van der Waals surface area contributed by atoms with Gasteiger partial charge in [-0.15, -0.1) is 0 Å². The Hall–Kier alpha value is -2.54. The van der Waals surface area contributed by atoms with E-state index in [9.17, 15) is 13.2 Å². The third-order valence-electron chi connectivity index (χ3n) is 3.99. The number of benzene rings is 2. The minimum absolute atomic E-state index is 0.315. The highest BCUT2D eigenvalue weighted by Gasteiger charge is 2.17. The Kier molecular flexibility index (Phi) is 5.92. The van der Waals surface area contributed by atoms with Crippen LogP contribution in [-0.2, 0) is 14.8 Å². The molecular formula is C19H24N2O4S. The van der Waals surface area contributed by atoms with Crippen LogP contribution in [0, 0.1) is 13.8 Å². The summed E-state index contributed by atoms with van der Waals surface area (Å²) in [7, 11) is -1.91. The normalized spacial score (nSPS) is 12.3. The van der Waals surface area contributed by atoms with Crippen molar-refractivity contribution in [1.29, 1.82) is 0 Å². The summed E-state index contributed by atoms with van der Waals surface area (Å²) in [6.07, 6.45) is 0.421. The zero-order valence-electron chi connectivity index (χ0n) is 15.6. The fraction of sp³-hybridized carbons (Fsp3) is 0.316. The number of ether oxygens (including phenoxy) is 1. The van der Waals surface area contributed by atoms with E-state index in [0.717, 1.165) is 21.7 Å². The van der Waals surface area contributed by atoms with E-state index in [2.05, 4.69) is 5.32 Å². The summed E-state index contributed by atoms with van der Waals surface area (Å²) in [6.45, 7) is 5.55. The van der Waals surface area contributed by atoms with Crippen molar-refractivity contribution in [2.45, 2.75) is 26.9 Å². The first-order valence-corrected chi connectivity index (χ1v) is 10.0. The summed E-state index contributed by atoms with van der Waals surface area (Å²) in [4.78, 5) is 12.4. The molecule has 0 saturated carbocycles. The largest absolute Gasteiger partial charge is 0.481 e. The Morgan fingerprint density at radius 3 is 2.50 bits per heavy atom. The summed E-state index contributed by atoms with van der Waals surface area (Å²) >= 11 is 0. The molecule has 0 aromatic heterocycles. The maximum absolute atomic E-state index is 12.4. The molecule has 0 spiro atoms. The van der Waals surface area contributed by atoms with Crippen LogP contribution < -0.4 is 14.4 Å². The zero-order valence-corrected chi connectivity index (χ0v) is 16.4. The molecule has 0 aliphatic rings. The van der Waals surface area contributed by atoms with Crippen molar-refractivity contribution in [1.82, 2.24) is 0 Å². The molecule has 140 valence electrons. The molecule has 1 amide bonds. The second-order valence-corrected chi connectivity index (χ2v) is 8.31. The lowest BCUT2D eigenvalue weighted by Crippen LogP contribution is -2.30. The molecular weight excluding hydrogens is 352 g/mol. The van der Waals surface area contributed by atoms with Gasteiger partial charge in [0.15, 0.2) is 6.10 Å². The third kappa shape index (κ3) is 4.98. The highest BCUT2D eigenvalue weighted by Crippen LogP contribution is 2.22. The first-order chi connectivity index (χ1) is 12.1. The van der Waals surface area contributed by atoms with Gasteiger partial charge in [-0.1, -0.05) is 18.2 Å². The van der Waals surface area contributed by atoms with Gasteiger partial charge in [-0.05, 0) is 56.2 Å². The van der Waals surface area contributed by atoms with Crippen LogP contribution in [0.3, 0.4) is 0 Å². The minimum atomic E-state index is -3.37. The molecule has 1 unspecified atom stereocenters. The average molecular weight is 376 g/mol. The number of anilines is 2. The first kappa shape index (κ1) is 19.8. The molecule has 2 rings (SSSR count). The molecule has 6 nitrogen and oxygen atoms in total. The summed E-state index contributed by atoms with van der Waals surface area (Å²) in [5.41, 5.74) is 2.97. The number of sulfonamides is 1. The van der Waals surface area contributed by atoms with Crippen LogP contribution in [0.5, 0.6) is 5.75 Å². The van der Waals surface area contributed by atoms with Gasteiger partial charge in [0.2, 0.25) is 10.0 Å². The van der Waals surface area contributed by atoms with Gasteiger partial charge < -0.3 is 10.1 Å². The number of carbonyl (C=O) groups excluding carboxylic acids is 1. The van der Waals surface area contributed by atoms with E-state index < -0.39 is 16.1 Å². The van der Waals surface area contributed by atoms with Gasteiger partial charge in [0.05, 0.1) is 11.9 Å². The number of aryl methyl sites for hydroxylation is 2. The Balaban J connectivity index is 2.11. The number of carbonyl (C=O) groups is 1. The molecule has 0 saturated heterocycles. The maximum Gasteiger partial charge on any atom is 0.265 e. The molecule has 0 bridgehead atoms. The van der Waals surface area contributed by atoms with Crippen molar-refractivity contribution in [3.8, 4) is 5.75 Å². The number of amides is 1. The Labute approximate surface area is 154 Å². The summed E-state index contributed by atoms with van der Waals surface area (Å²) < 4.78 is 30.2. The molecule has 26 heavy (non-hydrogen) atoms. The number of hydrogen-bond acceptors (Lipinski definition) is 4. The topological polar surface area (TPSA) is 75.7 Å². The summed E-state index contributed by atoms with van der Waals surface area (Å²) in [5, 5.41) is 2.76. The Bertz CT molecular complexity index is 910. The fourth-order valence-electron chi connectivity index (χ4n) is 2.29. The second-order valence-electron chi connectivity index (χ2n) is 6.30. The van der Waals surface area contributed by atoms with E-state index in [4.69, 9.17) is 4.74 Å². The van der Waals surface area contributed by atoms with Crippen LogP contribution >= 0.6 is 0 Å². The number of nitrogens with zero attached hydrogens (tertiary/aromatic N) is 1. The van der Waals surface area contributed by atoms with Crippen LogP contribution in [0.4, 0.5) is 11.4 Å². The van der Waals surface area contributed by atoms with Gasteiger partial charge >= 0.3 is 0 Å². The van der Waals surface area contributed by atoms with Crippen LogP contribution in [0.15, 0.2) is 42.5 Å². The van der Waals surface area contributed by atoms with Crippen molar-refractivity contribution in [3.63, 3.8) is 0 Å². The van der Waals surface area contributed by atoms with Gasteiger partial charge in [0.25, 0.3) is 5.91 Å². The van der Waals surface area contributed by atoms with Crippen LogP contribution in [0.25, 0.3) is 0 Å². The van der Waals surface area contributed by atoms with E-state index in [1.165, 1.54) is 7.05 Å². The van der Waals surface area contributed by atoms with Crippen LogP contribution in [0.1, 0.15) is 18.1 Å². The van der Waals surface area contributed by atoms with Gasteiger partial charge in [0.1, 0.15) is 5.75 Å². The standard InChI is InChI=1S/C19H24N2O4S/c1-13-9-10-14(2)18(11-13)25-15(3)19(22)20-16-7-6-8-17(12-16)21(4)26(5,23)24/h6-12,15H,1-5H3,(H,20,22). The minimum Gasteiger partial charge on any atom is -0.481 e. The van der Waals surface area contributed by atoms with Crippen molar-refractivity contribution >= 4 is 27.3 Å². The zero-order chi connectivity index (χ0) is 19.5. The quantitative estimate of drug-likeness (QED) is 0.840. The van der Waals surface area contributed by atoms with E-state index in [-0.39, 0.29) is 5.91 Å². The molecule has 1 atom stereocenters. The number of hydrogen-bond donors (Lipinski definition) is 1. The first-order valence-electron chi connectivity index (χ1n) is 8.16. The highest BCUT2D eigenvalue weighted by atomic mass is 32.2. The number of nitrogens with one attached hydrogen (secondary N) is 1. The van der Waals surface area contributed by atoms with Gasteiger partial charge in [0, 0.05) is 12.7 Å². The molecule has 2 aromatic rings. The van der Waals surface area contributed by atoms with Crippen molar-refractivity contribution in [2.24, 2.45) is 0 Å². The van der Waals surface area contributed by atoms with E-state index >= 15 is 0 Å². The van der Waals surface area contributed by atoms with E-state index in [1.807, 2.05) is 32.0 Å². The lowest BCUT2D eigenvalue weighted by atomic mass is 10.1. The SMILES string of the molecule is Cc1ccc(C)c(OC(C)C(=O)Nc2cccc(N(C)S(C)(=O)=O)c2)c1. The molecule has 0 aliphatic carbocycles.